The zero-order valence-electron chi connectivity index (χ0n) is 12.8. The molecule has 20 heavy (non-hydrogen) atoms. The maximum absolute atomic E-state index is 3.43. The highest BCUT2D eigenvalue weighted by atomic mass is 15.1. The van der Waals surface area contributed by atoms with Crippen molar-refractivity contribution in [2.24, 2.45) is 5.92 Å². The van der Waals surface area contributed by atoms with Gasteiger partial charge >= 0.3 is 0 Å². The van der Waals surface area contributed by atoms with Gasteiger partial charge < -0.3 is 4.90 Å². The Kier molecular flexibility index (Phi) is 4.01. The summed E-state index contributed by atoms with van der Waals surface area (Å²) in [6.07, 6.45) is 16.0. The Morgan fingerprint density at radius 1 is 1.25 bits per heavy atom. The summed E-state index contributed by atoms with van der Waals surface area (Å²) >= 11 is 0. The largest absolute Gasteiger partial charge is 0.368 e. The maximum Gasteiger partial charge on any atom is 0.0683 e. The number of likely N-dealkylation sites (N-methyl/N-ethyl adjacent to an activating group) is 1. The molecule has 1 aliphatic heterocycles. The molecule has 0 bridgehead atoms. The minimum Gasteiger partial charge on any atom is -0.368 e. The zero-order chi connectivity index (χ0) is 13.9. The number of nitrogens with zero attached hydrogens (tertiary/aromatic N) is 1. The Bertz CT molecular complexity index is 524. The van der Waals surface area contributed by atoms with E-state index < -0.39 is 0 Å². The van der Waals surface area contributed by atoms with E-state index in [4.69, 9.17) is 0 Å². The van der Waals surface area contributed by atoms with Crippen molar-refractivity contribution in [3.8, 4) is 11.8 Å². The Morgan fingerprint density at radius 2 is 2.15 bits per heavy atom. The molecule has 0 fully saturated rings. The van der Waals surface area contributed by atoms with Crippen molar-refractivity contribution in [3.05, 3.63) is 35.1 Å². The van der Waals surface area contributed by atoms with Gasteiger partial charge in [-0.05, 0) is 56.6 Å². The lowest BCUT2D eigenvalue weighted by Gasteiger charge is -2.37. The van der Waals surface area contributed by atoms with Gasteiger partial charge in [0.15, 0.2) is 0 Å². The van der Waals surface area contributed by atoms with E-state index in [-0.39, 0.29) is 0 Å². The zero-order valence-corrected chi connectivity index (χ0v) is 12.8. The second-order valence-electron chi connectivity index (χ2n) is 6.25. The summed E-state index contributed by atoms with van der Waals surface area (Å²) in [4.78, 5) is 2.46. The predicted octanol–water partition coefficient (Wildman–Crippen LogP) is 4.43. The fourth-order valence-corrected chi connectivity index (χ4v) is 3.62. The molecule has 0 radical (unpaired) electrons. The Balaban J connectivity index is 1.82. The number of allylic oxidation sites excluding steroid dienone is 4. The molecule has 0 spiro atoms. The third kappa shape index (κ3) is 2.57. The highest BCUT2D eigenvalue weighted by Crippen LogP contribution is 2.33. The predicted molar refractivity (Wildman–Crippen MR) is 85.1 cm³/mol. The van der Waals surface area contributed by atoms with Gasteiger partial charge in [0.05, 0.1) is 6.04 Å². The van der Waals surface area contributed by atoms with Crippen molar-refractivity contribution < 1.29 is 0 Å². The van der Waals surface area contributed by atoms with Crippen LogP contribution in [0.1, 0.15) is 51.9 Å². The van der Waals surface area contributed by atoms with E-state index in [1.54, 1.807) is 5.57 Å². The number of hydrogen-bond donors (Lipinski definition) is 0. The number of hydrogen-bond acceptors (Lipinski definition) is 1. The van der Waals surface area contributed by atoms with Crippen LogP contribution >= 0.6 is 0 Å². The first kappa shape index (κ1) is 13.6. The van der Waals surface area contributed by atoms with Gasteiger partial charge in [0.25, 0.3) is 0 Å². The molecule has 2 unspecified atom stereocenters. The van der Waals surface area contributed by atoms with Gasteiger partial charge in [-0.3, -0.25) is 0 Å². The van der Waals surface area contributed by atoms with E-state index in [1.165, 1.54) is 49.8 Å². The van der Waals surface area contributed by atoms with Crippen molar-refractivity contribution in [1.82, 2.24) is 4.90 Å². The van der Waals surface area contributed by atoms with Crippen molar-refractivity contribution >= 4 is 0 Å². The molecular formula is C19H25N. The topological polar surface area (TPSA) is 3.24 Å². The van der Waals surface area contributed by atoms with Crippen LogP contribution < -0.4 is 0 Å². The molecular weight excluding hydrogens is 242 g/mol. The monoisotopic (exact) mass is 267 g/mol. The van der Waals surface area contributed by atoms with Crippen molar-refractivity contribution in [2.45, 2.75) is 57.9 Å². The van der Waals surface area contributed by atoms with E-state index >= 15 is 0 Å². The Hall–Kier alpha value is -1.42. The summed E-state index contributed by atoms with van der Waals surface area (Å²) < 4.78 is 0. The molecule has 0 N–H and O–H groups in total. The summed E-state index contributed by atoms with van der Waals surface area (Å²) in [5.41, 5.74) is 4.49. The molecule has 2 aliphatic carbocycles. The van der Waals surface area contributed by atoms with Crippen LogP contribution in [0.2, 0.25) is 0 Å². The minimum absolute atomic E-state index is 0.462. The van der Waals surface area contributed by atoms with E-state index in [0.29, 0.717) is 12.0 Å². The van der Waals surface area contributed by atoms with Crippen molar-refractivity contribution in [1.29, 1.82) is 0 Å². The molecule has 1 heteroatoms. The van der Waals surface area contributed by atoms with Crippen LogP contribution in [0.15, 0.2) is 35.1 Å². The normalized spacial score (nSPS) is 29.9. The van der Waals surface area contributed by atoms with E-state index in [0.717, 1.165) is 6.42 Å². The molecule has 0 aromatic heterocycles. The quantitative estimate of drug-likeness (QED) is 0.528. The molecule has 0 aromatic carbocycles. The van der Waals surface area contributed by atoms with E-state index in [9.17, 15) is 0 Å². The molecule has 0 saturated heterocycles. The van der Waals surface area contributed by atoms with E-state index in [1.807, 2.05) is 0 Å². The van der Waals surface area contributed by atoms with E-state index in [2.05, 4.69) is 48.9 Å². The van der Waals surface area contributed by atoms with Gasteiger partial charge in [0, 0.05) is 25.1 Å². The van der Waals surface area contributed by atoms with Gasteiger partial charge in [0.1, 0.15) is 0 Å². The summed E-state index contributed by atoms with van der Waals surface area (Å²) in [5.74, 6) is 7.19. The van der Waals surface area contributed by atoms with Crippen LogP contribution in [0.3, 0.4) is 0 Å². The minimum atomic E-state index is 0.462. The van der Waals surface area contributed by atoms with Gasteiger partial charge in [-0.15, -0.1) is 5.92 Å². The van der Waals surface area contributed by atoms with Gasteiger partial charge in [-0.1, -0.05) is 24.1 Å². The van der Waals surface area contributed by atoms with Crippen LogP contribution in [0.25, 0.3) is 0 Å². The standard InChI is InChI=1S/C19H25N/c1-15-18(16-9-5-3-6-10-16)13-14-19(20(15)2)17-11-7-4-8-12-17/h11,13-14,16,19H,3-5,7-9,12H2,1-2H3. The first-order valence-electron chi connectivity index (χ1n) is 8.06. The second-order valence-corrected chi connectivity index (χ2v) is 6.25. The second kappa shape index (κ2) is 5.92. The number of rotatable bonds is 2. The molecule has 2 atom stereocenters. The first-order valence-corrected chi connectivity index (χ1v) is 8.06. The highest BCUT2D eigenvalue weighted by Gasteiger charge is 2.25. The van der Waals surface area contributed by atoms with Gasteiger partial charge in [0.2, 0.25) is 0 Å². The summed E-state index contributed by atoms with van der Waals surface area (Å²) in [7, 11) is 2.25. The Morgan fingerprint density at radius 3 is 2.85 bits per heavy atom. The van der Waals surface area contributed by atoms with Crippen LogP contribution in [0.5, 0.6) is 0 Å². The van der Waals surface area contributed by atoms with Gasteiger partial charge in [-0.25, -0.2) is 0 Å². The lowest BCUT2D eigenvalue weighted by atomic mass is 9.85. The highest BCUT2D eigenvalue weighted by molar-refractivity contribution is 5.40. The van der Waals surface area contributed by atoms with Gasteiger partial charge in [-0.2, -0.15) is 0 Å². The fourth-order valence-electron chi connectivity index (χ4n) is 3.62. The third-order valence-electron chi connectivity index (χ3n) is 4.97. The molecule has 3 aliphatic rings. The summed E-state index contributed by atoms with van der Waals surface area (Å²) in [5, 5.41) is 0. The summed E-state index contributed by atoms with van der Waals surface area (Å²) in [6.45, 7) is 2.27. The summed E-state index contributed by atoms with van der Waals surface area (Å²) in [6, 6.07) is 0.482. The van der Waals surface area contributed by atoms with Crippen LogP contribution in [0.4, 0.5) is 0 Å². The fraction of sp³-hybridized carbons (Fsp3) is 0.579. The molecule has 106 valence electrons. The lowest BCUT2D eigenvalue weighted by molar-refractivity contribution is 0.362. The van der Waals surface area contributed by atoms with Crippen molar-refractivity contribution in [3.63, 3.8) is 0 Å². The average molecular weight is 267 g/mol. The molecule has 0 saturated carbocycles. The molecule has 1 nitrogen and oxygen atoms in total. The molecule has 0 amide bonds. The first-order chi connectivity index (χ1) is 9.77. The molecule has 1 heterocycles. The van der Waals surface area contributed by atoms with Crippen molar-refractivity contribution in [2.75, 3.05) is 7.05 Å². The molecule has 3 rings (SSSR count). The smallest absolute Gasteiger partial charge is 0.0683 e. The third-order valence-corrected chi connectivity index (χ3v) is 4.97. The Labute approximate surface area is 123 Å². The van der Waals surface area contributed by atoms with Crippen LogP contribution in [0, 0.1) is 17.8 Å². The SMILES string of the molecule is CC1=C(C2C#CCCC2)C=CC(C2=CCCCC2)N1C. The average Bonchev–Trinajstić information content (AvgIpc) is 2.52. The van der Waals surface area contributed by atoms with Crippen LogP contribution in [-0.2, 0) is 0 Å². The maximum atomic E-state index is 3.43. The molecule has 0 aromatic rings. The van der Waals surface area contributed by atoms with Crippen LogP contribution in [-0.4, -0.2) is 18.0 Å². The lowest BCUT2D eigenvalue weighted by Crippen LogP contribution is -2.34.